The summed E-state index contributed by atoms with van der Waals surface area (Å²) in [4.78, 5) is 27.1. The Kier molecular flexibility index (Phi) is 4.62. The minimum atomic E-state index is -1.19. The molecule has 32 heavy (non-hydrogen) atoms. The number of halogens is 1. The number of H-pyrrole nitrogens is 1. The molecule has 5 rings (SSSR count). The largest absolute Gasteiger partial charge is 0.506 e. The number of pyridine rings is 1. The van der Waals surface area contributed by atoms with Gasteiger partial charge in [-0.2, -0.15) is 14.6 Å². The van der Waals surface area contributed by atoms with Gasteiger partial charge in [-0.25, -0.2) is 14.2 Å². The molecule has 0 radical (unpaired) electrons. The molecule has 0 saturated carbocycles. The minimum absolute atomic E-state index is 0.0753. The van der Waals surface area contributed by atoms with Crippen molar-refractivity contribution in [2.24, 2.45) is 0 Å². The molecule has 10 nitrogen and oxygen atoms in total. The fraction of sp³-hybridized carbons (Fsp3) is 0.0952. The van der Waals surface area contributed by atoms with E-state index in [1.807, 2.05) is 12.3 Å². The molecule has 1 aromatic carbocycles. The molecule has 0 amide bonds. The number of carboxylic acids is 1. The standard InChI is InChI=1S/C21H16FN7O3/c22-13-6-12(7-23-9-13)18-27-19-15(20(31)32)10-26-29(19)21(28-18)24-5-4-11-8-25-17-14(11)2-1-3-16(17)30/h1-3,6-10,25,30H,4-5H2,(H,31,32)(H,24,27,28). The Bertz CT molecular complexity index is 1480. The van der Waals surface area contributed by atoms with E-state index in [1.165, 1.54) is 23.0 Å². The summed E-state index contributed by atoms with van der Waals surface area (Å²) in [6.07, 6.45) is 6.05. The highest BCUT2D eigenvalue weighted by atomic mass is 19.1. The highest BCUT2D eigenvalue weighted by molar-refractivity contribution is 5.94. The van der Waals surface area contributed by atoms with Crippen LogP contribution in [0.4, 0.5) is 10.3 Å². The van der Waals surface area contributed by atoms with Gasteiger partial charge in [0.05, 0.1) is 17.9 Å². The Labute approximate surface area is 179 Å². The molecule has 0 saturated heterocycles. The third-order valence-corrected chi connectivity index (χ3v) is 5.02. The monoisotopic (exact) mass is 433 g/mol. The molecule has 4 heterocycles. The van der Waals surface area contributed by atoms with Crippen molar-refractivity contribution in [1.29, 1.82) is 0 Å². The first-order valence-corrected chi connectivity index (χ1v) is 9.63. The van der Waals surface area contributed by atoms with Gasteiger partial charge in [-0.15, -0.1) is 0 Å². The van der Waals surface area contributed by atoms with E-state index in [1.54, 1.807) is 12.1 Å². The van der Waals surface area contributed by atoms with Crippen LogP contribution in [0.3, 0.4) is 0 Å². The van der Waals surface area contributed by atoms with E-state index in [0.29, 0.717) is 24.0 Å². The number of fused-ring (bicyclic) bond motifs is 2. The van der Waals surface area contributed by atoms with Gasteiger partial charge in [-0.3, -0.25) is 4.98 Å². The summed E-state index contributed by atoms with van der Waals surface area (Å²) in [5.74, 6) is -1.21. The van der Waals surface area contributed by atoms with Crippen molar-refractivity contribution in [3.05, 3.63) is 66.0 Å². The average Bonchev–Trinajstić information content (AvgIpc) is 3.39. The van der Waals surface area contributed by atoms with Gasteiger partial charge in [0, 0.05) is 29.9 Å². The number of rotatable bonds is 6. The van der Waals surface area contributed by atoms with Gasteiger partial charge < -0.3 is 20.5 Å². The lowest BCUT2D eigenvalue weighted by Crippen LogP contribution is -2.13. The zero-order valence-electron chi connectivity index (χ0n) is 16.4. The van der Waals surface area contributed by atoms with Crippen molar-refractivity contribution in [2.75, 3.05) is 11.9 Å². The Morgan fingerprint density at radius 3 is 2.91 bits per heavy atom. The average molecular weight is 433 g/mol. The molecular formula is C21H16FN7O3. The van der Waals surface area contributed by atoms with Gasteiger partial charge in [0.25, 0.3) is 0 Å². The maximum Gasteiger partial charge on any atom is 0.341 e. The first-order valence-electron chi connectivity index (χ1n) is 9.63. The summed E-state index contributed by atoms with van der Waals surface area (Å²) in [5.41, 5.74) is 1.92. The second-order valence-electron chi connectivity index (χ2n) is 7.05. The zero-order chi connectivity index (χ0) is 22.2. The molecule has 0 aliphatic carbocycles. The molecule has 0 unspecified atom stereocenters. The van der Waals surface area contributed by atoms with Crippen LogP contribution in [0.1, 0.15) is 15.9 Å². The molecule has 4 N–H and O–H groups in total. The molecular weight excluding hydrogens is 417 g/mol. The third kappa shape index (κ3) is 3.35. The van der Waals surface area contributed by atoms with Crippen molar-refractivity contribution in [3.63, 3.8) is 0 Å². The van der Waals surface area contributed by atoms with Gasteiger partial charge in [-0.1, -0.05) is 12.1 Å². The zero-order valence-corrected chi connectivity index (χ0v) is 16.4. The van der Waals surface area contributed by atoms with Crippen LogP contribution in [0.2, 0.25) is 0 Å². The quantitative estimate of drug-likeness (QED) is 0.320. The summed E-state index contributed by atoms with van der Waals surface area (Å²) >= 11 is 0. The molecule has 0 bridgehead atoms. The van der Waals surface area contributed by atoms with Crippen LogP contribution >= 0.6 is 0 Å². The number of para-hydroxylation sites is 1. The second kappa shape index (κ2) is 7.61. The number of aromatic carboxylic acids is 1. The number of hydrogen-bond donors (Lipinski definition) is 4. The van der Waals surface area contributed by atoms with Crippen LogP contribution in [0.25, 0.3) is 27.9 Å². The van der Waals surface area contributed by atoms with Gasteiger partial charge in [-0.05, 0) is 24.1 Å². The Hall–Kier alpha value is -4.54. The number of aromatic nitrogens is 6. The fourth-order valence-electron chi connectivity index (χ4n) is 3.52. The number of phenolic OH excluding ortho intramolecular Hbond substituents is 1. The number of benzene rings is 1. The van der Waals surface area contributed by atoms with Crippen molar-refractivity contribution in [3.8, 4) is 17.1 Å². The van der Waals surface area contributed by atoms with E-state index in [9.17, 15) is 19.4 Å². The van der Waals surface area contributed by atoms with Crippen LogP contribution in [0, 0.1) is 5.82 Å². The number of aromatic amines is 1. The number of phenols is 1. The van der Waals surface area contributed by atoms with E-state index in [0.717, 1.165) is 17.1 Å². The van der Waals surface area contributed by atoms with E-state index in [-0.39, 0.29) is 28.7 Å². The number of nitrogens with zero attached hydrogens (tertiary/aromatic N) is 5. The number of carboxylic acid groups (broad SMARTS) is 1. The molecule has 11 heteroatoms. The molecule has 5 aromatic rings. The minimum Gasteiger partial charge on any atom is -0.506 e. The van der Waals surface area contributed by atoms with E-state index < -0.39 is 11.8 Å². The molecule has 0 atom stereocenters. The summed E-state index contributed by atoms with van der Waals surface area (Å²) in [6, 6.07) is 6.51. The molecule has 0 fully saturated rings. The number of aromatic hydroxyl groups is 1. The van der Waals surface area contributed by atoms with Gasteiger partial charge in [0.1, 0.15) is 17.1 Å². The van der Waals surface area contributed by atoms with Crippen molar-refractivity contribution < 1.29 is 19.4 Å². The highest BCUT2D eigenvalue weighted by Gasteiger charge is 2.18. The molecule has 4 aromatic heterocycles. The van der Waals surface area contributed by atoms with Crippen LogP contribution in [0.15, 0.2) is 49.1 Å². The van der Waals surface area contributed by atoms with Crippen molar-refractivity contribution in [1.82, 2.24) is 29.5 Å². The summed E-state index contributed by atoms with van der Waals surface area (Å²) in [6.45, 7) is 0.428. The first kappa shape index (κ1) is 19.4. The van der Waals surface area contributed by atoms with Gasteiger partial charge >= 0.3 is 5.97 Å². The number of hydrogen-bond acceptors (Lipinski definition) is 7. The Morgan fingerprint density at radius 2 is 2.09 bits per heavy atom. The Balaban J connectivity index is 1.49. The molecule has 0 spiro atoms. The fourth-order valence-corrected chi connectivity index (χ4v) is 3.52. The van der Waals surface area contributed by atoms with Gasteiger partial charge in [0.15, 0.2) is 11.5 Å². The maximum absolute atomic E-state index is 13.7. The lowest BCUT2D eigenvalue weighted by Gasteiger charge is -2.09. The van der Waals surface area contributed by atoms with Crippen LogP contribution in [0.5, 0.6) is 5.75 Å². The second-order valence-corrected chi connectivity index (χ2v) is 7.05. The van der Waals surface area contributed by atoms with Crippen LogP contribution in [-0.4, -0.2) is 52.3 Å². The summed E-state index contributed by atoms with van der Waals surface area (Å²) < 4.78 is 15.0. The number of nitrogens with one attached hydrogen (secondary N) is 2. The maximum atomic E-state index is 13.7. The lowest BCUT2D eigenvalue weighted by molar-refractivity contribution is 0.0698. The normalized spacial score (nSPS) is 11.3. The molecule has 0 aliphatic heterocycles. The van der Waals surface area contributed by atoms with E-state index >= 15 is 0 Å². The van der Waals surface area contributed by atoms with Crippen LogP contribution in [-0.2, 0) is 6.42 Å². The third-order valence-electron chi connectivity index (χ3n) is 5.02. The van der Waals surface area contributed by atoms with Crippen molar-refractivity contribution in [2.45, 2.75) is 6.42 Å². The van der Waals surface area contributed by atoms with Crippen LogP contribution < -0.4 is 5.32 Å². The smallest absolute Gasteiger partial charge is 0.341 e. The topological polar surface area (TPSA) is 141 Å². The summed E-state index contributed by atoms with van der Waals surface area (Å²) in [5, 5.41) is 27.6. The SMILES string of the molecule is O=C(O)c1cnn2c(NCCc3c[nH]c4c(O)cccc34)nc(-c3cncc(F)c3)nc12. The number of anilines is 1. The van der Waals surface area contributed by atoms with Crippen molar-refractivity contribution >= 4 is 28.5 Å². The first-order chi connectivity index (χ1) is 15.5. The number of carbonyl (C=O) groups is 1. The lowest BCUT2D eigenvalue weighted by atomic mass is 10.1. The Morgan fingerprint density at radius 1 is 1.22 bits per heavy atom. The summed E-state index contributed by atoms with van der Waals surface area (Å²) in [7, 11) is 0. The van der Waals surface area contributed by atoms with E-state index in [4.69, 9.17) is 0 Å². The highest BCUT2D eigenvalue weighted by Crippen LogP contribution is 2.26. The predicted octanol–water partition coefficient (Wildman–Crippen LogP) is 2.87. The molecule has 160 valence electrons. The molecule has 0 aliphatic rings. The van der Waals surface area contributed by atoms with Gasteiger partial charge in [0.2, 0.25) is 5.95 Å². The predicted molar refractivity (Wildman–Crippen MR) is 113 cm³/mol. The van der Waals surface area contributed by atoms with E-state index in [2.05, 4.69) is 30.4 Å².